The van der Waals surface area contributed by atoms with Crippen molar-refractivity contribution >= 4 is 5.91 Å². The third-order valence-corrected chi connectivity index (χ3v) is 3.34. The molecule has 3 nitrogen and oxygen atoms in total. The maximum absolute atomic E-state index is 12.8. The third-order valence-electron chi connectivity index (χ3n) is 3.34. The Labute approximate surface area is 122 Å². The number of hydrogen-bond donors (Lipinski definition) is 2. The highest BCUT2D eigenvalue weighted by atomic mass is 19.4. The molecule has 0 aliphatic heterocycles. The van der Waals surface area contributed by atoms with E-state index in [1.54, 1.807) is 13.0 Å². The van der Waals surface area contributed by atoms with Gasteiger partial charge in [0.15, 0.2) is 0 Å². The molecule has 1 amide bonds. The van der Waals surface area contributed by atoms with Crippen LogP contribution in [0.1, 0.15) is 37.9 Å². The van der Waals surface area contributed by atoms with Crippen LogP contribution >= 0.6 is 0 Å². The van der Waals surface area contributed by atoms with Gasteiger partial charge in [-0.25, -0.2) is 0 Å². The van der Waals surface area contributed by atoms with Crippen LogP contribution in [0, 0.1) is 11.8 Å². The quantitative estimate of drug-likeness (QED) is 0.878. The van der Waals surface area contributed by atoms with E-state index in [-0.39, 0.29) is 24.3 Å². The molecule has 0 aromatic heterocycles. The van der Waals surface area contributed by atoms with Crippen LogP contribution in [0.2, 0.25) is 0 Å². The predicted molar refractivity (Wildman–Crippen MR) is 75.4 cm³/mol. The summed E-state index contributed by atoms with van der Waals surface area (Å²) in [7, 11) is 0. The van der Waals surface area contributed by atoms with Gasteiger partial charge < -0.3 is 11.1 Å². The molecule has 6 heteroatoms. The molecule has 0 saturated carbocycles. The monoisotopic (exact) mass is 302 g/mol. The zero-order chi connectivity index (χ0) is 16.2. The van der Waals surface area contributed by atoms with Crippen molar-refractivity contribution < 1.29 is 18.0 Å². The van der Waals surface area contributed by atoms with Crippen molar-refractivity contribution in [1.29, 1.82) is 0 Å². The van der Waals surface area contributed by atoms with Crippen molar-refractivity contribution in [3.63, 3.8) is 0 Å². The van der Waals surface area contributed by atoms with E-state index in [0.717, 1.165) is 12.1 Å². The van der Waals surface area contributed by atoms with Gasteiger partial charge in [0.1, 0.15) is 0 Å². The summed E-state index contributed by atoms with van der Waals surface area (Å²) in [4.78, 5) is 11.9. The topological polar surface area (TPSA) is 55.1 Å². The Morgan fingerprint density at radius 1 is 1.29 bits per heavy atom. The summed E-state index contributed by atoms with van der Waals surface area (Å²) in [5, 5.41) is 2.78. The molecule has 2 unspecified atom stereocenters. The van der Waals surface area contributed by atoms with Gasteiger partial charge in [-0.2, -0.15) is 13.2 Å². The van der Waals surface area contributed by atoms with E-state index in [1.807, 2.05) is 13.8 Å². The first-order chi connectivity index (χ1) is 9.66. The van der Waals surface area contributed by atoms with E-state index in [9.17, 15) is 18.0 Å². The molecule has 2 atom stereocenters. The van der Waals surface area contributed by atoms with Gasteiger partial charge >= 0.3 is 6.18 Å². The van der Waals surface area contributed by atoms with Crippen LogP contribution < -0.4 is 11.1 Å². The second-order valence-electron chi connectivity index (χ2n) is 5.49. The molecule has 0 bridgehead atoms. The lowest BCUT2D eigenvalue weighted by Crippen LogP contribution is -2.37. The summed E-state index contributed by atoms with van der Waals surface area (Å²) in [6, 6.07) is 4.57. The standard InChI is InChI=1S/C15H21F3N2O/c1-9(2)13(20-14(21)10(3)8-19)11-5-4-6-12(7-11)15(16,17)18/h4-7,9-10,13H,8,19H2,1-3H3,(H,20,21). The normalized spacial score (nSPS) is 14.9. The fraction of sp³-hybridized carbons (Fsp3) is 0.533. The van der Waals surface area contributed by atoms with Gasteiger partial charge in [0.05, 0.1) is 11.6 Å². The van der Waals surface area contributed by atoms with Crippen LogP contribution in [0.5, 0.6) is 0 Å². The van der Waals surface area contributed by atoms with E-state index < -0.39 is 17.8 Å². The lowest BCUT2D eigenvalue weighted by atomic mass is 9.94. The van der Waals surface area contributed by atoms with E-state index in [0.29, 0.717) is 5.56 Å². The smallest absolute Gasteiger partial charge is 0.349 e. The van der Waals surface area contributed by atoms with Gasteiger partial charge in [0.25, 0.3) is 0 Å². The molecule has 0 aliphatic rings. The average molecular weight is 302 g/mol. The molecule has 1 aromatic carbocycles. The summed E-state index contributed by atoms with van der Waals surface area (Å²) in [6.07, 6.45) is -4.40. The van der Waals surface area contributed by atoms with E-state index in [4.69, 9.17) is 5.73 Å². The summed E-state index contributed by atoms with van der Waals surface area (Å²) < 4.78 is 38.3. The zero-order valence-electron chi connectivity index (χ0n) is 12.4. The van der Waals surface area contributed by atoms with Crippen LogP contribution in [0.3, 0.4) is 0 Å². The van der Waals surface area contributed by atoms with E-state index in [2.05, 4.69) is 5.32 Å². The first kappa shape index (κ1) is 17.5. The van der Waals surface area contributed by atoms with Crippen LogP contribution in [0.25, 0.3) is 0 Å². The second kappa shape index (κ2) is 6.93. The van der Waals surface area contributed by atoms with E-state index in [1.165, 1.54) is 6.07 Å². The lowest BCUT2D eigenvalue weighted by Gasteiger charge is -2.25. The minimum atomic E-state index is -4.40. The number of carbonyl (C=O) groups is 1. The summed E-state index contributed by atoms with van der Waals surface area (Å²) in [5.41, 5.74) is 5.16. The van der Waals surface area contributed by atoms with Gasteiger partial charge in [0, 0.05) is 12.5 Å². The van der Waals surface area contributed by atoms with E-state index >= 15 is 0 Å². The van der Waals surface area contributed by atoms with Gasteiger partial charge in [-0.15, -0.1) is 0 Å². The highest BCUT2D eigenvalue weighted by Crippen LogP contribution is 2.32. The van der Waals surface area contributed by atoms with Crippen molar-refractivity contribution in [1.82, 2.24) is 5.32 Å². The molecule has 0 aliphatic carbocycles. The molecule has 0 spiro atoms. The van der Waals surface area contributed by atoms with Crippen LogP contribution in [0.4, 0.5) is 13.2 Å². The minimum Gasteiger partial charge on any atom is -0.349 e. The molecule has 0 saturated heterocycles. The van der Waals surface area contributed by atoms with Crippen molar-refractivity contribution in [2.45, 2.75) is 33.0 Å². The highest BCUT2D eigenvalue weighted by Gasteiger charge is 2.31. The molecule has 0 radical (unpaired) electrons. The fourth-order valence-electron chi connectivity index (χ4n) is 1.95. The van der Waals surface area contributed by atoms with Crippen molar-refractivity contribution in [3.8, 4) is 0 Å². The lowest BCUT2D eigenvalue weighted by molar-refractivity contribution is -0.137. The number of carbonyl (C=O) groups excluding carboxylic acids is 1. The number of halogens is 3. The number of benzene rings is 1. The van der Waals surface area contributed by atoms with Gasteiger partial charge in [-0.1, -0.05) is 32.9 Å². The zero-order valence-corrected chi connectivity index (χ0v) is 12.4. The SMILES string of the molecule is CC(CN)C(=O)NC(c1cccc(C(F)(F)F)c1)C(C)C. The number of hydrogen-bond acceptors (Lipinski definition) is 2. The number of nitrogens with two attached hydrogens (primary N) is 1. The maximum atomic E-state index is 12.8. The second-order valence-corrected chi connectivity index (χ2v) is 5.49. The van der Waals surface area contributed by atoms with Crippen molar-refractivity contribution in [3.05, 3.63) is 35.4 Å². The Balaban J connectivity index is 3.04. The number of rotatable bonds is 5. The molecule has 21 heavy (non-hydrogen) atoms. The molecule has 3 N–H and O–H groups in total. The van der Waals surface area contributed by atoms with Crippen LogP contribution in [-0.2, 0) is 11.0 Å². The molecule has 0 heterocycles. The largest absolute Gasteiger partial charge is 0.416 e. The Bertz CT molecular complexity index is 486. The first-order valence-corrected chi connectivity index (χ1v) is 6.84. The molecule has 1 rings (SSSR count). The number of alkyl halides is 3. The Kier molecular flexibility index (Phi) is 5.78. The third kappa shape index (κ3) is 4.74. The Morgan fingerprint density at radius 3 is 2.38 bits per heavy atom. The first-order valence-electron chi connectivity index (χ1n) is 6.84. The van der Waals surface area contributed by atoms with Crippen molar-refractivity contribution in [2.24, 2.45) is 17.6 Å². The highest BCUT2D eigenvalue weighted by molar-refractivity contribution is 5.79. The van der Waals surface area contributed by atoms with Crippen molar-refractivity contribution in [2.75, 3.05) is 6.54 Å². The minimum absolute atomic E-state index is 0.0394. The maximum Gasteiger partial charge on any atom is 0.416 e. The molecular formula is C15H21F3N2O. The Hall–Kier alpha value is -1.56. The molecular weight excluding hydrogens is 281 g/mol. The fourth-order valence-corrected chi connectivity index (χ4v) is 1.95. The molecule has 0 fully saturated rings. The molecule has 118 valence electrons. The Morgan fingerprint density at radius 2 is 1.90 bits per heavy atom. The van der Waals surface area contributed by atoms with Gasteiger partial charge in [0.2, 0.25) is 5.91 Å². The summed E-state index contributed by atoms with van der Waals surface area (Å²) in [6.45, 7) is 5.56. The molecule has 1 aromatic rings. The van der Waals surface area contributed by atoms with Gasteiger partial charge in [-0.05, 0) is 23.6 Å². The van der Waals surface area contributed by atoms with Gasteiger partial charge in [-0.3, -0.25) is 4.79 Å². The summed E-state index contributed by atoms with van der Waals surface area (Å²) >= 11 is 0. The predicted octanol–water partition coefficient (Wildman–Crippen LogP) is 3.11. The summed E-state index contributed by atoms with van der Waals surface area (Å²) in [5.74, 6) is -0.673. The van der Waals surface area contributed by atoms with Crippen LogP contribution in [-0.4, -0.2) is 12.5 Å². The number of amides is 1. The average Bonchev–Trinajstić information content (AvgIpc) is 2.42. The number of nitrogens with one attached hydrogen (secondary N) is 1. The van der Waals surface area contributed by atoms with Crippen LogP contribution in [0.15, 0.2) is 24.3 Å².